The van der Waals surface area contributed by atoms with E-state index in [1.165, 1.54) is 18.3 Å². The van der Waals surface area contributed by atoms with Crippen LogP contribution in [0, 0.1) is 0 Å². The zero-order valence-corrected chi connectivity index (χ0v) is 11.6. The highest BCUT2D eigenvalue weighted by atomic mass is 79.9. The van der Waals surface area contributed by atoms with Gasteiger partial charge in [-0.05, 0) is 25.1 Å². The number of hydrogen-bond acceptors (Lipinski definition) is 2. The summed E-state index contributed by atoms with van der Waals surface area (Å²) in [5.74, 6) is 0. The monoisotopic (exact) mass is 333 g/mol. The van der Waals surface area contributed by atoms with Gasteiger partial charge in [0.15, 0.2) is 0 Å². The molecule has 0 unspecified atom stereocenters. The Hall–Kier alpha value is -1.50. The average Bonchev–Trinajstić information content (AvgIpc) is 2.75. The molecule has 102 valence electrons. The second-order valence-corrected chi connectivity index (χ2v) is 4.81. The molecule has 0 aliphatic heterocycles. The minimum atomic E-state index is -4.40. The van der Waals surface area contributed by atoms with E-state index in [9.17, 15) is 13.2 Å². The molecule has 19 heavy (non-hydrogen) atoms. The van der Waals surface area contributed by atoms with E-state index in [1.807, 2.05) is 6.92 Å². The molecule has 1 aromatic heterocycles. The first-order chi connectivity index (χ1) is 8.90. The first-order valence-electron chi connectivity index (χ1n) is 5.56. The van der Waals surface area contributed by atoms with Crippen molar-refractivity contribution in [1.29, 1.82) is 0 Å². The van der Waals surface area contributed by atoms with Crippen molar-refractivity contribution >= 4 is 27.3 Å². The Balaban J connectivity index is 2.35. The Morgan fingerprint density at radius 1 is 1.37 bits per heavy atom. The topological polar surface area (TPSA) is 29.9 Å². The zero-order valence-electron chi connectivity index (χ0n) is 10.0. The van der Waals surface area contributed by atoms with Gasteiger partial charge in [-0.1, -0.05) is 15.9 Å². The van der Waals surface area contributed by atoms with E-state index in [-0.39, 0.29) is 5.69 Å². The molecule has 0 atom stereocenters. The summed E-state index contributed by atoms with van der Waals surface area (Å²) in [6.45, 7) is 2.56. The number of alkyl halides is 3. The fourth-order valence-electron chi connectivity index (χ4n) is 1.62. The number of aryl methyl sites for hydroxylation is 1. The van der Waals surface area contributed by atoms with Crippen LogP contribution in [0.1, 0.15) is 12.5 Å². The van der Waals surface area contributed by atoms with Crippen LogP contribution >= 0.6 is 15.9 Å². The summed E-state index contributed by atoms with van der Waals surface area (Å²) < 4.78 is 40.8. The standard InChI is InChI=1S/C12H11BrF3N3/c1-2-19-7-9(6-17-19)18-11-5-8(13)3-4-10(11)12(14,15)16/h3-7,18H,2H2,1H3. The van der Waals surface area contributed by atoms with Gasteiger partial charge < -0.3 is 5.32 Å². The van der Waals surface area contributed by atoms with Gasteiger partial charge in [0.25, 0.3) is 0 Å². The molecule has 0 saturated carbocycles. The fraction of sp³-hybridized carbons (Fsp3) is 0.250. The predicted molar refractivity (Wildman–Crippen MR) is 70.3 cm³/mol. The number of hydrogen-bond donors (Lipinski definition) is 1. The third-order valence-electron chi connectivity index (χ3n) is 2.52. The van der Waals surface area contributed by atoms with Gasteiger partial charge in [0.1, 0.15) is 0 Å². The van der Waals surface area contributed by atoms with Crippen LogP contribution in [0.15, 0.2) is 35.1 Å². The molecule has 0 spiro atoms. The predicted octanol–water partition coefficient (Wildman–Crippen LogP) is 4.43. The van der Waals surface area contributed by atoms with Gasteiger partial charge in [-0.3, -0.25) is 4.68 Å². The zero-order chi connectivity index (χ0) is 14.0. The minimum Gasteiger partial charge on any atom is -0.352 e. The quantitative estimate of drug-likeness (QED) is 0.900. The Labute approximate surface area is 116 Å². The van der Waals surface area contributed by atoms with E-state index >= 15 is 0 Å². The van der Waals surface area contributed by atoms with Crippen molar-refractivity contribution in [2.75, 3.05) is 5.32 Å². The van der Waals surface area contributed by atoms with Gasteiger partial charge in [0.05, 0.1) is 23.1 Å². The van der Waals surface area contributed by atoms with Crippen molar-refractivity contribution < 1.29 is 13.2 Å². The fourth-order valence-corrected chi connectivity index (χ4v) is 1.98. The Bertz CT molecular complexity index is 578. The number of nitrogens with zero attached hydrogens (tertiary/aromatic N) is 2. The number of halogens is 4. The van der Waals surface area contributed by atoms with Crippen LogP contribution in [0.5, 0.6) is 0 Å². The average molecular weight is 334 g/mol. The van der Waals surface area contributed by atoms with Crippen molar-refractivity contribution in [2.45, 2.75) is 19.6 Å². The maximum atomic E-state index is 12.9. The lowest BCUT2D eigenvalue weighted by atomic mass is 10.1. The molecule has 7 heteroatoms. The van der Waals surface area contributed by atoms with E-state index in [4.69, 9.17) is 0 Å². The van der Waals surface area contributed by atoms with Crippen molar-refractivity contribution in [3.05, 3.63) is 40.6 Å². The normalized spacial score (nSPS) is 11.6. The maximum Gasteiger partial charge on any atom is 0.418 e. The highest BCUT2D eigenvalue weighted by Gasteiger charge is 2.33. The SMILES string of the molecule is CCn1cc(Nc2cc(Br)ccc2C(F)(F)F)cn1. The number of aromatic nitrogens is 2. The highest BCUT2D eigenvalue weighted by Crippen LogP contribution is 2.37. The summed E-state index contributed by atoms with van der Waals surface area (Å²) in [7, 11) is 0. The molecule has 0 amide bonds. The molecule has 0 radical (unpaired) electrons. The van der Waals surface area contributed by atoms with Gasteiger partial charge in [0, 0.05) is 17.2 Å². The molecule has 1 aromatic carbocycles. The molecule has 0 bridgehead atoms. The molecular weight excluding hydrogens is 323 g/mol. The second kappa shape index (κ2) is 5.24. The van der Waals surface area contributed by atoms with Crippen LogP contribution in [-0.2, 0) is 12.7 Å². The third-order valence-corrected chi connectivity index (χ3v) is 3.02. The van der Waals surface area contributed by atoms with E-state index < -0.39 is 11.7 Å². The van der Waals surface area contributed by atoms with E-state index in [2.05, 4.69) is 26.3 Å². The van der Waals surface area contributed by atoms with E-state index in [0.717, 1.165) is 6.07 Å². The van der Waals surface area contributed by atoms with E-state index in [1.54, 1.807) is 10.9 Å². The summed E-state index contributed by atoms with van der Waals surface area (Å²) in [6.07, 6.45) is -1.25. The summed E-state index contributed by atoms with van der Waals surface area (Å²) in [5, 5.41) is 6.75. The molecule has 0 fully saturated rings. The van der Waals surface area contributed by atoms with Crippen molar-refractivity contribution in [1.82, 2.24) is 9.78 Å². The second-order valence-electron chi connectivity index (χ2n) is 3.90. The van der Waals surface area contributed by atoms with Gasteiger partial charge in [0.2, 0.25) is 0 Å². The number of anilines is 2. The number of rotatable bonds is 3. The summed E-state index contributed by atoms with van der Waals surface area (Å²) in [5.41, 5.74) is -0.192. The van der Waals surface area contributed by atoms with Gasteiger partial charge in [-0.2, -0.15) is 18.3 Å². The van der Waals surface area contributed by atoms with Crippen LogP contribution in [0.4, 0.5) is 24.5 Å². The van der Waals surface area contributed by atoms with Crippen LogP contribution in [0.3, 0.4) is 0 Å². The van der Waals surface area contributed by atoms with Crippen LogP contribution < -0.4 is 5.32 Å². The molecule has 2 aromatic rings. The molecule has 1 heterocycles. The lowest BCUT2D eigenvalue weighted by Crippen LogP contribution is -2.08. The number of nitrogens with one attached hydrogen (secondary N) is 1. The number of benzene rings is 1. The minimum absolute atomic E-state index is 0.00229. The molecular formula is C12H11BrF3N3. The van der Waals surface area contributed by atoms with Crippen LogP contribution in [0.25, 0.3) is 0 Å². The van der Waals surface area contributed by atoms with Crippen molar-refractivity contribution in [3.8, 4) is 0 Å². The molecule has 2 rings (SSSR count). The third kappa shape index (κ3) is 3.28. The van der Waals surface area contributed by atoms with Crippen LogP contribution in [-0.4, -0.2) is 9.78 Å². The van der Waals surface area contributed by atoms with Crippen molar-refractivity contribution in [2.24, 2.45) is 0 Å². The molecule has 0 saturated heterocycles. The molecule has 1 N–H and O–H groups in total. The van der Waals surface area contributed by atoms with Crippen LogP contribution in [0.2, 0.25) is 0 Å². The van der Waals surface area contributed by atoms with Gasteiger partial charge in [-0.15, -0.1) is 0 Å². The Morgan fingerprint density at radius 3 is 2.68 bits per heavy atom. The molecule has 3 nitrogen and oxygen atoms in total. The largest absolute Gasteiger partial charge is 0.418 e. The smallest absolute Gasteiger partial charge is 0.352 e. The Morgan fingerprint density at radius 2 is 2.11 bits per heavy atom. The summed E-state index contributed by atoms with van der Waals surface area (Å²) in [4.78, 5) is 0. The van der Waals surface area contributed by atoms with E-state index in [0.29, 0.717) is 16.7 Å². The van der Waals surface area contributed by atoms with Crippen molar-refractivity contribution in [3.63, 3.8) is 0 Å². The highest BCUT2D eigenvalue weighted by molar-refractivity contribution is 9.10. The maximum absolute atomic E-state index is 12.9. The first-order valence-corrected chi connectivity index (χ1v) is 6.35. The molecule has 0 aliphatic rings. The summed E-state index contributed by atoms with van der Waals surface area (Å²) >= 11 is 3.17. The van der Waals surface area contributed by atoms with Gasteiger partial charge in [-0.25, -0.2) is 0 Å². The lowest BCUT2D eigenvalue weighted by Gasteiger charge is -2.13. The lowest BCUT2D eigenvalue weighted by molar-refractivity contribution is -0.136. The van der Waals surface area contributed by atoms with Gasteiger partial charge >= 0.3 is 6.18 Å². The first kappa shape index (κ1) is 13.9. The molecule has 0 aliphatic carbocycles. The summed E-state index contributed by atoms with van der Waals surface area (Å²) in [6, 6.07) is 3.80. The Kier molecular flexibility index (Phi) is 3.84.